The molecule has 0 aromatic heterocycles. The van der Waals surface area contributed by atoms with Gasteiger partial charge in [-0.2, -0.15) is 0 Å². The van der Waals surface area contributed by atoms with Gasteiger partial charge in [0.05, 0.1) is 19.8 Å². The first-order valence-electron chi connectivity index (χ1n) is 3.89. The van der Waals surface area contributed by atoms with Crippen LogP contribution in [-0.2, 0) is 0 Å². The number of ether oxygens (including phenoxy) is 1. The van der Waals surface area contributed by atoms with E-state index in [1.165, 1.54) is 0 Å². The van der Waals surface area contributed by atoms with Gasteiger partial charge in [0.25, 0.3) is 0 Å². The molecule has 0 radical (unpaired) electrons. The SMILES string of the molecule is COc1ccc(Br)cc1[C@@H](N)CO. The lowest BCUT2D eigenvalue weighted by Gasteiger charge is -2.13. The molecule has 0 saturated heterocycles. The number of hydrogen-bond acceptors (Lipinski definition) is 3. The van der Waals surface area contributed by atoms with Crippen molar-refractivity contribution in [1.29, 1.82) is 0 Å². The summed E-state index contributed by atoms with van der Waals surface area (Å²) in [6.07, 6.45) is 0. The number of benzene rings is 1. The zero-order chi connectivity index (χ0) is 9.84. The van der Waals surface area contributed by atoms with Crippen molar-refractivity contribution in [1.82, 2.24) is 0 Å². The predicted octanol–water partition coefficient (Wildman–Crippen LogP) is 1.45. The van der Waals surface area contributed by atoms with Crippen molar-refractivity contribution in [3.8, 4) is 5.75 Å². The molecule has 0 unspecified atom stereocenters. The average Bonchev–Trinajstić information content (AvgIpc) is 2.16. The summed E-state index contributed by atoms with van der Waals surface area (Å²) in [5.74, 6) is 0.699. The lowest BCUT2D eigenvalue weighted by Crippen LogP contribution is -2.15. The second kappa shape index (κ2) is 4.60. The van der Waals surface area contributed by atoms with E-state index in [4.69, 9.17) is 15.6 Å². The highest BCUT2D eigenvalue weighted by Crippen LogP contribution is 2.26. The Morgan fingerprint density at radius 3 is 2.85 bits per heavy atom. The van der Waals surface area contributed by atoms with Crippen LogP contribution in [-0.4, -0.2) is 18.8 Å². The summed E-state index contributed by atoms with van der Waals surface area (Å²) in [5, 5.41) is 8.90. The molecule has 0 amide bonds. The molecule has 4 heteroatoms. The van der Waals surface area contributed by atoms with E-state index in [0.29, 0.717) is 5.75 Å². The largest absolute Gasteiger partial charge is 0.496 e. The van der Waals surface area contributed by atoms with Crippen LogP contribution in [0, 0.1) is 0 Å². The van der Waals surface area contributed by atoms with Gasteiger partial charge >= 0.3 is 0 Å². The highest BCUT2D eigenvalue weighted by atomic mass is 79.9. The van der Waals surface area contributed by atoms with Crippen LogP contribution >= 0.6 is 15.9 Å². The first-order chi connectivity index (χ1) is 6.19. The molecule has 0 heterocycles. The first-order valence-corrected chi connectivity index (χ1v) is 4.68. The molecule has 1 aromatic carbocycles. The van der Waals surface area contributed by atoms with Gasteiger partial charge in [0.2, 0.25) is 0 Å². The fraction of sp³-hybridized carbons (Fsp3) is 0.333. The van der Waals surface area contributed by atoms with Crippen molar-refractivity contribution in [3.63, 3.8) is 0 Å². The van der Waals surface area contributed by atoms with E-state index < -0.39 is 6.04 Å². The maximum absolute atomic E-state index is 8.90. The number of hydrogen-bond donors (Lipinski definition) is 2. The average molecular weight is 246 g/mol. The molecule has 13 heavy (non-hydrogen) atoms. The third-order valence-electron chi connectivity index (χ3n) is 1.79. The van der Waals surface area contributed by atoms with Crippen molar-refractivity contribution in [2.24, 2.45) is 5.73 Å². The van der Waals surface area contributed by atoms with E-state index in [0.717, 1.165) is 10.0 Å². The molecular weight excluding hydrogens is 234 g/mol. The summed E-state index contributed by atoms with van der Waals surface area (Å²) in [4.78, 5) is 0. The molecule has 0 aliphatic rings. The maximum Gasteiger partial charge on any atom is 0.123 e. The fourth-order valence-electron chi connectivity index (χ4n) is 1.09. The third kappa shape index (κ3) is 2.43. The Kier molecular flexibility index (Phi) is 3.71. The minimum absolute atomic E-state index is 0.0905. The number of methoxy groups -OCH3 is 1. The summed E-state index contributed by atoms with van der Waals surface area (Å²) in [5.41, 5.74) is 6.49. The van der Waals surface area contributed by atoms with Crippen LogP contribution in [0.15, 0.2) is 22.7 Å². The van der Waals surface area contributed by atoms with Crippen molar-refractivity contribution >= 4 is 15.9 Å². The van der Waals surface area contributed by atoms with Crippen LogP contribution in [0.3, 0.4) is 0 Å². The molecule has 1 rings (SSSR count). The lowest BCUT2D eigenvalue weighted by atomic mass is 10.1. The normalized spacial score (nSPS) is 12.6. The summed E-state index contributed by atoms with van der Waals surface area (Å²) < 4.78 is 6.03. The second-order valence-corrected chi connectivity index (χ2v) is 3.59. The van der Waals surface area contributed by atoms with Crippen molar-refractivity contribution in [3.05, 3.63) is 28.2 Å². The molecule has 0 fully saturated rings. The van der Waals surface area contributed by atoms with E-state index in [2.05, 4.69) is 15.9 Å². The number of halogens is 1. The molecule has 1 atom stereocenters. The zero-order valence-corrected chi connectivity index (χ0v) is 8.91. The molecule has 3 nitrogen and oxygen atoms in total. The van der Waals surface area contributed by atoms with E-state index in [-0.39, 0.29) is 6.61 Å². The molecule has 3 N–H and O–H groups in total. The van der Waals surface area contributed by atoms with Crippen molar-refractivity contribution < 1.29 is 9.84 Å². The molecule has 1 aromatic rings. The summed E-state index contributed by atoms with van der Waals surface area (Å²) in [6, 6.07) is 5.13. The number of rotatable bonds is 3. The lowest BCUT2D eigenvalue weighted by molar-refractivity contribution is 0.264. The summed E-state index contributed by atoms with van der Waals surface area (Å²) in [7, 11) is 1.58. The van der Waals surface area contributed by atoms with Crippen LogP contribution in [0.2, 0.25) is 0 Å². The molecule has 0 spiro atoms. The van der Waals surface area contributed by atoms with E-state index in [9.17, 15) is 0 Å². The van der Waals surface area contributed by atoms with Crippen molar-refractivity contribution in [2.45, 2.75) is 6.04 Å². The Balaban J connectivity index is 3.07. The first kappa shape index (κ1) is 10.5. The smallest absolute Gasteiger partial charge is 0.123 e. The Morgan fingerprint density at radius 2 is 2.31 bits per heavy atom. The standard InChI is InChI=1S/C9H12BrNO2/c1-13-9-3-2-6(10)4-7(9)8(11)5-12/h2-4,8,12H,5,11H2,1H3/t8-/m0/s1. The number of aliphatic hydroxyl groups is 1. The van der Waals surface area contributed by atoms with Gasteiger partial charge in [-0.3, -0.25) is 0 Å². The van der Waals surface area contributed by atoms with E-state index >= 15 is 0 Å². The van der Waals surface area contributed by atoms with Gasteiger partial charge in [0, 0.05) is 10.0 Å². The minimum atomic E-state index is -0.396. The van der Waals surface area contributed by atoms with Crippen molar-refractivity contribution in [2.75, 3.05) is 13.7 Å². The Labute approximate surface area is 85.6 Å². The van der Waals surface area contributed by atoms with Crippen LogP contribution in [0.5, 0.6) is 5.75 Å². The van der Waals surface area contributed by atoms with Gasteiger partial charge in [-0.1, -0.05) is 15.9 Å². The van der Waals surface area contributed by atoms with Crippen LogP contribution in [0.1, 0.15) is 11.6 Å². The summed E-state index contributed by atoms with van der Waals surface area (Å²) in [6.45, 7) is -0.0905. The quantitative estimate of drug-likeness (QED) is 0.848. The predicted molar refractivity (Wildman–Crippen MR) is 54.7 cm³/mol. The van der Waals surface area contributed by atoms with Crippen LogP contribution in [0.25, 0.3) is 0 Å². The fourth-order valence-corrected chi connectivity index (χ4v) is 1.47. The van der Waals surface area contributed by atoms with Gasteiger partial charge in [-0.15, -0.1) is 0 Å². The molecule has 0 bridgehead atoms. The van der Waals surface area contributed by atoms with E-state index in [1.807, 2.05) is 18.2 Å². The van der Waals surface area contributed by atoms with Crippen LogP contribution in [0.4, 0.5) is 0 Å². The van der Waals surface area contributed by atoms with Gasteiger partial charge in [0.15, 0.2) is 0 Å². The number of nitrogens with two attached hydrogens (primary N) is 1. The third-order valence-corrected chi connectivity index (χ3v) is 2.28. The Morgan fingerprint density at radius 1 is 1.62 bits per heavy atom. The Bertz CT molecular complexity index is 291. The monoisotopic (exact) mass is 245 g/mol. The Hall–Kier alpha value is -0.580. The maximum atomic E-state index is 8.90. The highest BCUT2D eigenvalue weighted by molar-refractivity contribution is 9.10. The van der Waals surface area contributed by atoms with Gasteiger partial charge in [-0.25, -0.2) is 0 Å². The molecule has 0 aliphatic carbocycles. The molecule has 0 aliphatic heterocycles. The topological polar surface area (TPSA) is 55.5 Å². The van der Waals surface area contributed by atoms with E-state index in [1.54, 1.807) is 7.11 Å². The minimum Gasteiger partial charge on any atom is -0.496 e. The molecule has 0 saturated carbocycles. The van der Waals surface area contributed by atoms with Gasteiger partial charge in [0.1, 0.15) is 5.75 Å². The van der Waals surface area contributed by atoms with Gasteiger partial charge in [-0.05, 0) is 18.2 Å². The summed E-state index contributed by atoms with van der Waals surface area (Å²) >= 11 is 3.33. The molecule has 72 valence electrons. The molecular formula is C9H12BrNO2. The zero-order valence-electron chi connectivity index (χ0n) is 7.33. The van der Waals surface area contributed by atoms with Gasteiger partial charge < -0.3 is 15.6 Å². The van der Waals surface area contributed by atoms with Crippen LogP contribution < -0.4 is 10.5 Å². The number of aliphatic hydroxyl groups excluding tert-OH is 1. The highest BCUT2D eigenvalue weighted by Gasteiger charge is 2.10. The second-order valence-electron chi connectivity index (χ2n) is 2.68.